The fraction of sp³-hybridized carbons (Fsp3) is 0.385. The van der Waals surface area contributed by atoms with E-state index in [-0.39, 0.29) is 11.8 Å². The highest BCUT2D eigenvalue weighted by atomic mass is 35.5. The first kappa shape index (κ1) is 24.0. The summed E-state index contributed by atoms with van der Waals surface area (Å²) in [6.07, 6.45) is 3.52. The van der Waals surface area contributed by atoms with E-state index in [4.69, 9.17) is 16.6 Å². The average Bonchev–Trinajstić information content (AvgIpc) is 3.42. The summed E-state index contributed by atoms with van der Waals surface area (Å²) in [5.74, 6) is 0.620. The number of piperidine rings is 1. The molecule has 7 nitrogen and oxygen atoms in total. The van der Waals surface area contributed by atoms with Crippen molar-refractivity contribution >= 4 is 49.9 Å². The van der Waals surface area contributed by atoms with Crippen molar-refractivity contribution in [1.29, 1.82) is 0 Å². The van der Waals surface area contributed by atoms with E-state index < -0.39 is 10.0 Å². The van der Waals surface area contributed by atoms with Crippen molar-refractivity contribution in [1.82, 2.24) is 9.29 Å². The molecule has 9 heteroatoms. The number of rotatable bonds is 5. The molecular formula is C26H29ClN4O3S. The molecule has 0 radical (unpaired) electrons. The van der Waals surface area contributed by atoms with Crippen molar-refractivity contribution in [3.63, 3.8) is 0 Å². The van der Waals surface area contributed by atoms with E-state index in [1.807, 2.05) is 31.2 Å². The number of hydrogen-bond donors (Lipinski definition) is 1. The lowest BCUT2D eigenvalue weighted by molar-refractivity contribution is -0.120. The molecule has 5 rings (SSSR count). The maximum absolute atomic E-state index is 13.0. The van der Waals surface area contributed by atoms with Gasteiger partial charge in [0.2, 0.25) is 15.9 Å². The number of aromatic nitrogens is 1. The quantitative estimate of drug-likeness (QED) is 0.529. The number of carbonyl (C=O) groups is 1. The molecule has 0 spiro atoms. The van der Waals surface area contributed by atoms with Gasteiger partial charge in [0.1, 0.15) is 5.82 Å². The summed E-state index contributed by atoms with van der Waals surface area (Å²) in [6.45, 7) is 4.50. The molecule has 1 atom stereocenters. The molecule has 2 saturated heterocycles. The van der Waals surface area contributed by atoms with Gasteiger partial charge in [0, 0.05) is 42.3 Å². The van der Waals surface area contributed by atoms with Gasteiger partial charge in [-0.05, 0) is 80.6 Å². The minimum atomic E-state index is -3.47. The monoisotopic (exact) mass is 512 g/mol. The number of halogens is 1. The van der Waals surface area contributed by atoms with Gasteiger partial charge in [-0.25, -0.2) is 13.4 Å². The first-order chi connectivity index (χ1) is 16.8. The Bertz CT molecular complexity index is 1370. The molecule has 3 aromatic rings. The number of anilines is 2. The highest BCUT2D eigenvalue weighted by molar-refractivity contribution is 7.89. The molecule has 1 aromatic heterocycles. The van der Waals surface area contributed by atoms with Crippen molar-refractivity contribution in [3.05, 3.63) is 59.1 Å². The minimum absolute atomic E-state index is 0.0161. The maximum atomic E-state index is 13.0. The van der Waals surface area contributed by atoms with Gasteiger partial charge in [0.15, 0.2) is 0 Å². The van der Waals surface area contributed by atoms with E-state index in [0.29, 0.717) is 29.6 Å². The zero-order valence-corrected chi connectivity index (χ0v) is 21.3. The van der Waals surface area contributed by atoms with Crippen LogP contribution in [0.25, 0.3) is 10.9 Å². The standard InChI is InChI=1S/C26H29ClN4O3S/c1-18-6-8-21(27)16-24(18)29-26(32)20-5-4-12-30(17-20)25-11-7-19-15-22(9-10-23(19)28-25)35(33,34)31-13-2-3-14-31/h6-11,15-16,20H,2-5,12-14,17H2,1H3,(H,29,32)/t20-/m1/s1. The van der Waals surface area contributed by atoms with Crippen molar-refractivity contribution in [2.45, 2.75) is 37.5 Å². The number of sulfonamides is 1. The van der Waals surface area contributed by atoms with Crippen LogP contribution in [0.3, 0.4) is 0 Å². The van der Waals surface area contributed by atoms with Crippen molar-refractivity contribution < 1.29 is 13.2 Å². The van der Waals surface area contributed by atoms with E-state index >= 15 is 0 Å². The number of pyridine rings is 1. The molecular weight excluding hydrogens is 484 g/mol. The molecule has 1 amide bonds. The Labute approximate surface area is 211 Å². The molecule has 0 bridgehead atoms. The number of amides is 1. The van der Waals surface area contributed by atoms with Gasteiger partial charge in [0.25, 0.3) is 0 Å². The van der Waals surface area contributed by atoms with Crippen LogP contribution < -0.4 is 10.2 Å². The summed E-state index contributed by atoms with van der Waals surface area (Å²) in [5.41, 5.74) is 2.45. The van der Waals surface area contributed by atoms with Crippen molar-refractivity contribution in [3.8, 4) is 0 Å². The zero-order valence-electron chi connectivity index (χ0n) is 19.7. The van der Waals surface area contributed by atoms with Crippen LogP contribution in [0.1, 0.15) is 31.2 Å². The molecule has 3 heterocycles. The Balaban J connectivity index is 1.32. The topological polar surface area (TPSA) is 82.6 Å². The lowest BCUT2D eigenvalue weighted by Crippen LogP contribution is -2.41. The summed E-state index contributed by atoms with van der Waals surface area (Å²) >= 11 is 6.10. The van der Waals surface area contributed by atoms with E-state index in [9.17, 15) is 13.2 Å². The third kappa shape index (κ3) is 5.01. The van der Waals surface area contributed by atoms with Crippen LogP contribution in [0.4, 0.5) is 11.5 Å². The van der Waals surface area contributed by atoms with E-state index in [1.165, 1.54) is 0 Å². The van der Waals surface area contributed by atoms with Crippen LogP contribution in [0.2, 0.25) is 5.02 Å². The Morgan fingerprint density at radius 2 is 1.83 bits per heavy atom. The average molecular weight is 513 g/mol. The van der Waals surface area contributed by atoms with Crippen LogP contribution in [0, 0.1) is 12.8 Å². The van der Waals surface area contributed by atoms with Gasteiger partial charge in [-0.1, -0.05) is 17.7 Å². The summed E-state index contributed by atoms with van der Waals surface area (Å²) in [6, 6.07) is 14.4. The largest absolute Gasteiger partial charge is 0.356 e. The molecule has 2 aliphatic rings. The van der Waals surface area contributed by atoms with Crippen molar-refractivity contribution in [2.24, 2.45) is 5.92 Å². The van der Waals surface area contributed by atoms with Crippen LogP contribution in [0.15, 0.2) is 53.4 Å². The highest BCUT2D eigenvalue weighted by Gasteiger charge is 2.29. The van der Waals surface area contributed by atoms with Crippen LogP contribution in [0.5, 0.6) is 0 Å². The number of hydrogen-bond acceptors (Lipinski definition) is 5. The fourth-order valence-electron chi connectivity index (χ4n) is 4.87. The first-order valence-electron chi connectivity index (χ1n) is 12.0. The van der Waals surface area contributed by atoms with Gasteiger partial charge in [0.05, 0.1) is 16.3 Å². The number of nitrogens with one attached hydrogen (secondary N) is 1. The van der Waals surface area contributed by atoms with Gasteiger partial charge >= 0.3 is 0 Å². The fourth-order valence-corrected chi connectivity index (χ4v) is 6.60. The molecule has 0 saturated carbocycles. The predicted octanol–water partition coefficient (Wildman–Crippen LogP) is 4.84. The van der Waals surface area contributed by atoms with Gasteiger partial charge in [-0.15, -0.1) is 0 Å². The number of aryl methyl sites for hydroxylation is 1. The third-order valence-electron chi connectivity index (χ3n) is 6.92. The van der Waals surface area contributed by atoms with E-state index in [1.54, 1.807) is 28.6 Å². The molecule has 2 aliphatic heterocycles. The lowest BCUT2D eigenvalue weighted by atomic mass is 9.96. The number of carbonyl (C=O) groups excluding carboxylic acids is 1. The highest BCUT2D eigenvalue weighted by Crippen LogP contribution is 2.28. The van der Waals surface area contributed by atoms with Gasteiger partial charge in [-0.2, -0.15) is 4.31 Å². The van der Waals surface area contributed by atoms with E-state index in [2.05, 4.69) is 10.2 Å². The SMILES string of the molecule is Cc1ccc(Cl)cc1NC(=O)[C@@H]1CCCN(c2ccc3cc(S(=O)(=O)N4CCCC4)ccc3n2)C1. The first-order valence-corrected chi connectivity index (χ1v) is 13.9. The predicted molar refractivity (Wildman–Crippen MR) is 139 cm³/mol. The molecule has 1 N–H and O–H groups in total. The second-order valence-corrected chi connectivity index (χ2v) is 11.7. The molecule has 2 aromatic carbocycles. The smallest absolute Gasteiger partial charge is 0.243 e. The number of benzene rings is 2. The summed E-state index contributed by atoms with van der Waals surface area (Å²) in [7, 11) is -3.47. The normalized spacial score (nSPS) is 19.3. The molecule has 0 unspecified atom stereocenters. The third-order valence-corrected chi connectivity index (χ3v) is 9.05. The lowest BCUT2D eigenvalue weighted by Gasteiger charge is -2.33. The minimum Gasteiger partial charge on any atom is -0.356 e. The Morgan fingerprint density at radius 1 is 1.03 bits per heavy atom. The maximum Gasteiger partial charge on any atom is 0.243 e. The summed E-state index contributed by atoms with van der Waals surface area (Å²) in [5, 5.41) is 4.41. The van der Waals surface area contributed by atoms with Crippen LogP contribution in [-0.4, -0.2) is 49.8 Å². The Kier molecular flexibility index (Phi) is 6.70. The molecule has 2 fully saturated rings. The zero-order chi connectivity index (χ0) is 24.6. The van der Waals surface area contributed by atoms with Gasteiger partial charge in [-0.3, -0.25) is 4.79 Å². The number of fused-ring (bicyclic) bond motifs is 1. The summed E-state index contributed by atoms with van der Waals surface area (Å²) in [4.78, 5) is 20.2. The Morgan fingerprint density at radius 3 is 2.63 bits per heavy atom. The molecule has 184 valence electrons. The van der Waals surface area contributed by atoms with Gasteiger partial charge < -0.3 is 10.2 Å². The van der Waals surface area contributed by atoms with Crippen molar-refractivity contribution in [2.75, 3.05) is 36.4 Å². The Hall–Kier alpha value is -2.68. The van der Waals surface area contributed by atoms with Crippen LogP contribution in [-0.2, 0) is 14.8 Å². The molecule has 0 aliphatic carbocycles. The van der Waals surface area contributed by atoms with E-state index in [0.717, 1.165) is 60.2 Å². The number of nitrogens with zero attached hydrogens (tertiary/aromatic N) is 3. The second-order valence-electron chi connectivity index (χ2n) is 9.37. The second kappa shape index (κ2) is 9.76. The van der Waals surface area contributed by atoms with Crippen LogP contribution >= 0.6 is 11.6 Å². The summed E-state index contributed by atoms with van der Waals surface area (Å²) < 4.78 is 27.4. The molecule has 35 heavy (non-hydrogen) atoms.